The van der Waals surface area contributed by atoms with Gasteiger partial charge in [0, 0.05) is 17.1 Å². The van der Waals surface area contributed by atoms with Crippen LogP contribution in [0.1, 0.15) is 42.8 Å². The number of nitrogens with one attached hydrogen (secondary N) is 2. The Balaban J connectivity index is 1.89. The zero-order valence-electron chi connectivity index (χ0n) is 13.8. The van der Waals surface area contributed by atoms with Gasteiger partial charge in [0.1, 0.15) is 0 Å². The van der Waals surface area contributed by atoms with Crippen molar-refractivity contribution in [3.63, 3.8) is 0 Å². The van der Waals surface area contributed by atoms with Crippen molar-refractivity contribution in [3.8, 4) is 0 Å². The Morgan fingerprint density at radius 3 is 2.57 bits per heavy atom. The van der Waals surface area contributed by atoms with Gasteiger partial charge in [-0.25, -0.2) is 4.79 Å². The van der Waals surface area contributed by atoms with E-state index in [0.29, 0.717) is 0 Å². The highest BCUT2D eigenvalue weighted by Gasteiger charge is 2.22. The highest BCUT2D eigenvalue weighted by atomic mass is 16.2. The number of para-hydroxylation sites is 1. The molecule has 1 aromatic heterocycles. The molecular weight excluding hydrogens is 286 g/mol. The van der Waals surface area contributed by atoms with Crippen molar-refractivity contribution >= 4 is 17.4 Å². The molecule has 1 aromatic carbocycles. The lowest BCUT2D eigenvalue weighted by atomic mass is 10.0. The summed E-state index contributed by atoms with van der Waals surface area (Å²) in [7, 11) is 0. The third-order valence-corrected chi connectivity index (χ3v) is 4.37. The maximum Gasteiger partial charge on any atom is 0.323 e. The van der Waals surface area contributed by atoms with Gasteiger partial charge in [-0.2, -0.15) is 0 Å². The first-order chi connectivity index (χ1) is 11.2. The highest BCUT2D eigenvalue weighted by Crippen LogP contribution is 2.33. The van der Waals surface area contributed by atoms with Crippen molar-refractivity contribution < 1.29 is 4.79 Å². The molecule has 120 valence electrons. The lowest BCUT2D eigenvalue weighted by Crippen LogP contribution is -2.22. The smallest absolute Gasteiger partial charge is 0.308 e. The molecule has 2 aromatic rings. The number of anilines is 2. The molecule has 0 saturated heterocycles. The minimum Gasteiger partial charge on any atom is -0.308 e. The normalized spacial score (nSPS) is 12.8. The molecule has 1 aliphatic rings. The zero-order valence-corrected chi connectivity index (χ0v) is 13.8. The molecule has 4 heteroatoms. The number of carbonyl (C=O) groups is 1. The molecule has 23 heavy (non-hydrogen) atoms. The fourth-order valence-electron chi connectivity index (χ4n) is 3.30. The topological polar surface area (TPSA) is 54.0 Å². The van der Waals surface area contributed by atoms with Crippen LogP contribution < -0.4 is 10.6 Å². The lowest BCUT2D eigenvalue weighted by Gasteiger charge is -2.18. The lowest BCUT2D eigenvalue weighted by molar-refractivity contribution is 0.262. The van der Waals surface area contributed by atoms with Crippen LogP contribution in [0, 0.1) is 0 Å². The molecule has 2 N–H and O–H groups in total. The number of benzene rings is 1. The number of nitrogens with zero attached hydrogens (tertiary/aromatic N) is 1. The number of aryl methyl sites for hydroxylation is 2. The molecule has 2 amide bonds. The molecule has 0 radical (unpaired) electrons. The second-order valence-electron chi connectivity index (χ2n) is 5.84. The van der Waals surface area contributed by atoms with Gasteiger partial charge >= 0.3 is 6.03 Å². The van der Waals surface area contributed by atoms with Crippen molar-refractivity contribution in [2.24, 2.45) is 0 Å². The summed E-state index contributed by atoms with van der Waals surface area (Å²) >= 11 is 0. The van der Waals surface area contributed by atoms with Crippen LogP contribution in [0.5, 0.6) is 0 Å². The number of pyridine rings is 1. The van der Waals surface area contributed by atoms with Crippen molar-refractivity contribution in [1.82, 2.24) is 4.98 Å². The van der Waals surface area contributed by atoms with Gasteiger partial charge in [-0.15, -0.1) is 0 Å². The predicted octanol–water partition coefficient (Wildman–Crippen LogP) is 4.34. The largest absolute Gasteiger partial charge is 0.323 e. The van der Waals surface area contributed by atoms with Crippen LogP contribution in [-0.4, -0.2) is 11.0 Å². The summed E-state index contributed by atoms with van der Waals surface area (Å²) in [6.45, 7) is 4.24. The Bertz CT molecular complexity index is 710. The number of hydrogen-bond donors (Lipinski definition) is 2. The number of hydrogen-bond acceptors (Lipinski definition) is 2. The first kappa shape index (κ1) is 15.5. The Morgan fingerprint density at radius 2 is 1.87 bits per heavy atom. The van der Waals surface area contributed by atoms with E-state index in [2.05, 4.69) is 24.5 Å². The number of carbonyl (C=O) groups excluding carboxylic acids is 1. The quantitative estimate of drug-likeness (QED) is 0.882. The molecule has 4 nitrogen and oxygen atoms in total. The van der Waals surface area contributed by atoms with Gasteiger partial charge in [-0.1, -0.05) is 32.0 Å². The SMILES string of the molecule is CCc1nc2c(c(NC(=O)Nc3ccccc3)c1CC)CCC2. The molecule has 0 fully saturated rings. The van der Waals surface area contributed by atoms with Gasteiger partial charge in [-0.05, 0) is 55.4 Å². The average molecular weight is 309 g/mol. The standard InChI is InChI=1S/C19H23N3O/c1-3-14-16(4-2)21-17-12-8-11-15(17)18(14)22-19(23)20-13-9-6-5-7-10-13/h5-7,9-10H,3-4,8,11-12H2,1-2H3,(H2,20,21,22,23). The Hall–Kier alpha value is -2.36. The van der Waals surface area contributed by atoms with E-state index in [1.54, 1.807) is 0 Å². The van der Waals surface area contributed by atoms with E-state index in [1.807, 2.05) is 30.3 Å². The van der Waals surface area contributed by atoms with Crippen LogP contribution in [0.2, 0.25) is 0 Å². The zero-order chi connectivity index (χ0) is 16.2. The summed E-state index contributed by atoms with van der Waals surface area (Å²) in [6, 6.07) is 9.33. The van der Waals surface area contributed by atoms with E-state index in [0.717, 1.165) is 54.9 Å². The van der Waals surface area contributed by atoms with Crippen LogP contribution in [0.25, 0.3) is 0 Å². The van der Waals surface area contributed by atoms with Gasteiger partial charge in [-0.3, -0.25) is 4.98 Å². The summed E-state index contributed by atoms with van der Waals surface area (Å²) in [5.41, 5.74) is 6.46. The van der Waals surface area contributed by atoms with Gasteiger partial charge < -0.3 is 10.6 Å². The van der Waals surface area contributed by atoms with Crippen molar-refractivity contribution in [1.29, 1.82) is 0 Å². The molecule has 0 bridgehead atoms. The maximum atomic E-state index is 12.4. The molecule has 3 rings (SSSR count). The van der Waals surface area contributed by atoms with Crippen LogP contribution >= 0.6 is 0 Å². The van der Waals surface area contributed by atoms with Gasteiger partial charge in [0.05, 0.1) is 5.69 Å². The fourth-order valence-corrected chi connectivity index (χ4v) is 3.30. The van der Waals surface area contributed by atoms with E-state index in [9.17, 15) is 4.79 Å². The summed E-state index contributed by atoms with van der Waals surface area (Å²) in [5, 5.41) is 5.99. The number of amides is 2. The molecule has 0 atom stereocenters. The minimum absolute atomic E-state index is 0.187. The monoisotopic (exact) mass is 309 g/mol. The average Bonchev–Trinajstić information content (AvgIpc) is 3.03. The number of urea groups is 1. The number of aromatic nitrogens is 1. The Morgan fingerprint density at radius 1 is 1.09 bits per heavy atom. The van der Waals surface area contributed by atoms with E-state index < -0.39 is 0 Å². The molecular formula is C19H23N3O. The van der Waals surface area contributed by atoms with Crippen LogP contribution in [0.4, 0.5) is 16.2 Å². The fraction of sp³-hybridized carbons (Fsp3) is 0.368. The first-order valence-electron chi connectivity index (χ1n) is 8.39. The van der Waals surface area contributed by atoms with Gasteiger partial charge in [0.2, 0.25) is 0 Å². The Kier molecular flexibility index (Phi) is 4.60. The van der Waals surface area contributed by atoms with E-state index >= 15 is 0 Å². The second-order valence-corrected chi connectivity index (χ2v) is 5.84. The van der Waals surface area contributed by atoms with Crippen LogP contribution in [0.15, 0.2) is 30.3 Å². The van der Waals surface area contributed by atoms with Crippen molar-refractivity contribution in [2.75, 3.05) is 10.6 Å². The highest BCUT2D eigenvalue weighted by molar-refractivity contribution is 6.01. The summed E-state index contributed by atoms with van der Waals surface area (Å²) in [4.78, 5) is 17.2. The third-order valence-electron chi connectivity index (χ3n) is 4.37. The molecule has 0 spiro atoms. The molecule has 0 saturated carbocycles. The maximum absolute atomic E-state index is 12.4. The summed E-state index contributed by atoms with van der Waals surface area (Å²) in [5.74, 6) is 0. The van der Waals surface area contributed by atoms with Gasteiger partial charge in [0.25, 0.3) is 0 Å². The second kappa shape index (κ2) is 6.82. The van der Waals surface area contributed by atoms with Crippen molar-refractivity contribution in [3.05, 3.63) is 52.8 Å². The molecule has 0 unspecified atom stereocenters. The minimum atomic E-state index is -0.187. The third kappa shape index (κ3) is 3.21. The molecule has 1 aliphatic carbocycles. The summed E-state index contributed by atoms with van der Waals surface area (Å²) in [6.07, 6.45) is 4.91. The molecule has 0 aliphatic heterocycles. The summed E-state index contributed by atoms with van der Waals surface area (Å²) < 4.78 is 0. The van der Waals surface area contributed by atoms with Crippen LogP contribution in [-0.2, 0) is 25.7 Å². The molecule has 1 heterocycles. The van der Waals surface area contributed by atoms with Crippen LogP contribution in [0.3, 0.4) is 0 Å². The van der Waals surface area contributed by atoms with Gasteiger partial charge in [0.15, 0.2) is 0 Å². The number of rotatable bonds is 4. The Labute approximate surface area is 137 Å². The first-order valence-corrected chi connectivity index (χ1v) is 8.39. The predicted molar refractivity (Wildman–Crippen MR) is 94.1 cm³/mol. The number of fused-ring (bicyclic) bond motifs is 1. The van der Waals surface area contributed by atoms with Crippen molar-refractivity contribution in [2.45, 2.75) is 46.0 Å². The van der Waals surface area contributed by atoms with E-state index in [-0.39, 0.29) is 6.03 Å². The van der Waals surface area contributed by atoms with E-state index in [1.165, 1.54) is 11.1 Å². The van der Waals surface area contributed by atoms with E-state index in [4.69, 9.17) is 4.98 Å².